The van der Waals surface area contributed by atoms with Gasteiger partial charge in [-0.15, -0.1) is 0 Å². The predicted octanol–water partition coefficient (Wildman–Crippen LogP) is 1.29. The molecule has 4 heteroatoms. The molecule has 2 rings (SSSR count). The second-order valence-corrected chi connectivity index (χ2v) is 4.59. The van der Waals surface area contributed by atoms with Crippen molar-refractivity contribution in [3.63, 3.8) is 0 Å². The standard InChI is InChI=1S/C14H22N2O2/c1-12-3-4-13(14(11-12)17-2)18-10-9-16-7-5-15-6-8-16/h3-4,11,15H,5-10H2,1-2H3. The lowest BCUT2D eigenvalue weighted by molar-refractivity contribution is 0.188. The maximum absolute atomic E-state index is 5.80. The topological polar surface area (TPSA) is 33.7 Å². The summed E-state index contributed by atoms with van der Waals surface area (Å²) >= 11 is 0. The summed E-state index contributed by atoms with van der Waals surface area (Å²) in [5.74, 6) is 1.65. The molecule has 4 nitrogen and oxygen atoms in total. The molecule has 0 unspecified atom stereocenters. The van der Waals surface area contributed by atoms with Crippen LogP contribution in [0.3, 0.4) is 0 Å². The third kappa shape index (κ3) is 3.62. The van der Waals surface area contributed by atoms with Crippen molar-refractivity contribution < 1.29 is 9.47 Å². The van der Waals surface area contributed by atoms with E-state index in [1.54, 1.807) is 7.11 Å². The van der Waals surface area contributed by atoms with Gasteiger partial charge in [0.15, 0.2) is 11.5 Å². The predicted molar refractivity (Wildman–Crippen MR) is 72.5 cm³/mol. The largest absolute Gasteiger partial charge is 0.493 e. The number of nitrogens with zero attached hydrogens (tertiary/aromatic N) is 1. The molecule has 1 aromatic carbocycles. The summed E-state index contributed by atoms with van der Waals surface area (Å²) in [5.41, 5.74) is 1.18. The number of benzene rings is 1. The molecule has 0 spiro atoms. The minimum Gasteiger partial charge on any atom is -0.493 e. The molecule has 1 heterocycles. The molecule has 1 aliphatic heterocycles. The third-order valence-electron chi connectivity index (χ3n) is 3.19. The summed E-state index contributed by atoms with van der Waals surface area (Å²) in [6.45, 7) is 8.09. The molecule has 1 N–H and O–H groups in total. The quantitative estimate of drug-likeness (QED) is 0.854. The highest BCUT2D eigenvalue weighted by molar-refractivity contribution is 5.42. The minimum absolute atomic E-state index is 0.708. The van der Waals surface area contributed by atoms with E-state index in [2.05, 4.69) is 10.2 Å². The van der Waals surface area contributed by atoms with Crippen LogP contribution in [-0.4, -0.2) is 51.3 Å². The van der Waals surface area contributed by atoms with Crippen molar-refractivity contribution in [2.75, 3.05) is 46.4 Å². The summed E-state index contributed by atoms with van der Waals surface area (Å²) in [7, 11) is 1.68. The number of methoxy groups -OCH3 is 1. The van der Waals surface area contributed by atoms with Gasteiger partial charge in [0.2, 0.25) is 0 Å². The third-order valence-corrected chi connectivity index (χ3v) is 3.19. The summed E-state index contributed by atoms with van der Waals surface area (Å²) < 4.78 is 11.1. The average molecular weight is 250 g/mol. The fourth-order valence-electron chi connectivity index (χ4n) is 2.11. The van der Waals surface area contributed by atoms with Gasteiger partial charge in [-0.2, -0.15) is 0 Å². The Kier molecular flexibility index (Phi) is 4.84. The highest BCUT2D eigenvalue weighted by Crippen LogP contribution is 2.27. The van der Waals surface area contributed by atoms with E-state index >= 15 is 0 Å². The number of aryl methyl sites for hydroxylation is 1. The molecule has 0 bridgehead atoms. The Balaban J connectivity index is 1.82. The molecule has 100 valence electrons. The molecule has 0 saturated carbocycles. The fraction of sp³-hybridized carbons (Fsp3) is 0.571. The summed E-state index contributed by atoms with van der Waals surface area (Å²) in [6.07, 6.45) is 0. The fourth-order valence-corrected chi connectivity index (χ4v) is 2.11. The molecular weight excluding hydrogens is 228 g/mol. The van der Waals surface area contributed by atoms with Crippen molar-refractivity contribution in [2.24, 2.45) is 0 Å². The second kappa shape index (κ2) is 6.61. The van der Waals surface area contributed by atoms with E-state index in [0.29, 0.717) is 6.61 Å². The number of hydrogen-bond acceptors (Lipinski definition) is 4. The molecule has 1 saturated heterocycles. The van der Waals surface area contributed by atoms with Gasteiger partial charge in [0, 0.05) is 32.7 Å². The first-order valence-corrected chi connectivity index (χ1v) is 6.50. The Morgan fingerprint density at radius 3 is 2.72 bits per heavy atom. The Bertz CT molecular complexity index is 376. The van der Waals surface area contributed by atoms with Crippen LogP contribution in [0, 0.1) is 6.92 Å². The van der Waals surface area contributed by atoms with Gasteiger partial charge >= 0.3 is 0 Å². The van der Waals surface area contributed by atoms with Crippen LogP contribution in [0.1, 0.15) is 5.56 Å². The SMILES string of the molecule is COc1cc(C)ccc1OCCN1CCNCC1. The lowest BCUT2D eigenvalue weighted by Crippen LogP contribution is -2.44. The van der Waals surface area contributed by atoms with Crippen LogP contribution >= 0.6 is 0 Å². The van der Waals surface area contributed by atoms with Crippen LogP contribution in [-0.2, 0) is 0 Å². The Labute approximate surface area is 109 Å². The average Bonchev–Trinajstić information content (AvgIpc) is 2.41. The van der Waals surface area contributed by atoms with Gasteiger partial charge in [0.25, 0.3) is 0 Å². The second-order valence-electron chi connectivity index (χ2n) is 4.59. The van der Waals surface area contributed by atoms with E-state index < -0.39 is 0 Å². The number of nitrogens with one attached hydrogen (secondary N) is 1. The number of hydrogen-bond donors (Lipinski definition) is 1. The highest BCUT2D eigenvalue weighted by Gasteiger charge is 2.10. The zero-order valence-corrected chi connectivity index (χ0v) is 11.2. The van der Waals surface area contributed by atoms with Crippen molar-refractivity contribution in [1.82, 2.24) is 10.2 Å². The smallest absolute Gasteiger partial charge is 0.161 e. The summed E-state index contributed by atoms with van der Waals surface area (Å²) in [6, 6.07) is 6.02. The lowest BCUT2D eigenvalue weighted by atomic mass is 10.2. The maximum Gasteiger partial charge on any atom is 0.161 e. The molecule has 0 amide bonds. The Morgan fingerprint density at radius 1 is 1.22 bits per heavy atom. The van der Waals surface area contributed by atoms with Gasteiger partial charge in [0.05, 0.1) is 7.11 Å². The van der Waals surface area contributed by atoms with Gasteiger partial charge < -0.3 is 14.8 Å². The van der Waals surface area contributed by atoms with Gasteiger partial charge in [-0.05, 0) is 24.6 Å². The molecule has 18 heavy (non-hydrogen) atoms. The maximum atomic E-state index is 5.80. The first kappa shape index (κ1) is 13.2. The van der Waals surface area contributed by atoms with Crippen LogP contribution in [0.2, 0.25) is 0 Å². The minimum atomic E-state index is 0.708. The van der Waals surface area contributed by atoms with Gasteiger partial charge in [0.1, 0.15) is 6.61 Å². The van der Waals surface area contributed by atoms with E-state index in [0.717, 1.165) is 44.2 Å². The van der Waals surface area contributed by atoms with Crippen molar-refractivity contribution >= 4 is 0 Å². The monoisotopic (exact) mass is 250 g/mol. The molecule has 0 atom stereocenters. The van der Waals surface area contributed by atoms with Gasteiger partial charge in [-0.1, -0.05) is 6.07 Å². The Hall–Kier alpha value is -1.26. The van der Waals surface area contributed by atoms with Crippen LogP contribution < -0.4 is 14.8 Å². The molecule has 1 aliphatic rings. The normalized spacial score (nSPS) is 16.6. The van der Waals surface area contributed by atoms with E-state index in [1.165, 1.54) is 5.56 Å². The van der Waals surface area contributed by atoms with Gasteiger partial charge in [-0.25, -0.2) is 0 Å². The van der Waals surface area contributed by atoms with E-state index in [9.17, 15) is 0 Å². The summed E-state index contributed by atoms with van der Waals surface area (Å²) in [4.78, 5) is 2.41. The van der Waals surface area contributed by atoms with Crippen molar-refractivity contribution in [1.29, 1.82) is 0 Å². The van der Waals surface area contributed by atoms with Crippen LogP contribution in [0.5, 0.6) is 11.5 Å². The van der Waals surface area contributed by atoms with Crippen molar-refractivity contribution in [3.8, 4) is 11.5 Å². The zero-order chi connectivity index (χ0) is 12.8. The molecule has 1 fully saturated rings. The molecule has 0 aromatic heterocycles. The highest BCUT2D eigenvalue weighted by atomic mass is 16.5. The number of ether oxygens (including phenoxy) is 2. The first-order valence-electron chi connectivity index (χ1n) is 6.50. The van der Waals surface area contributed by atoms with Crippen LogP contribution in [0.25, 0.3) is 0 Å². The van der Waals surface area contributed by atoms with E-state index in [4.69, 9.17) is 9.47 Å². The first-order chi connectivity index (χ1) is 8.79. The molecule has 0 aliphatic carbocycles. The van der Waals surface area contributed by atoms with Crippen molar-refractivity contribution in [3.05, 3.63) is 23.8 Å². The van der Waals surface area contributed by atoms with E-state index in [1.807, 2.05) is 25.1 Å². The summed E-state index contributed by atoms with van der Waals surface area (Å²) in [5, 5.41) is 3.34. The lowest BCUT2D eigenvalue weighted by Gasteiger charge is -2.27. The number of rotatable bonds is 5. The van der Waals surface area contributed by atoms with E-state index in [-0.39, 0.29) is 0 Å². The van der Waals surface area contributed by atoms with Crippen LogP contribution in [0.15, 0.2) is 18.2 Å². The molecule has 0 radical (unpaired) electrons. The van der Waals surface area contributed by atoms with Crippen molar-refractivity contribution in [2.45, 2.75) is 6.92 Å². The zero-order valence-electron chi connectivity index (χ0n) is 11.2. The van der Waals surface area contributed by atoms with Gasteiger partial charge in [-0.3, -0.25) is 4.90 Å². The Morgan fingerprint density at radius 2 is 2.00 bits per heavy atom. The molecule has 1 aromatic rings. The van der Waals surface area contributed by atoms with Crippen LogP contribution in [0.4, 0.5) is 0 Å². The number of piperazine rings is 1. The molecular formula is C14H22N2O2.